The summed E-state index contributed by atoms with van der Waals surface area (Å²) in [6.07, 6.45) is 0. The first kappa shape index (κ1) is 24.5. The van der Waals surface area contributed by atoms with Crippen molar-refractivity contribution >= 4 is 23.9 Å². The number of rotatable bonds is 6. The molecule has 0 atom stereocenters. The summed E-state index contributed by atoms with van der Waals surface area (Å²) in [6.45, 7) is 10.1. The zero-order valence-electron chi connectivity index (χ0n) is 17.8. The lowest BCUT2D eigenvalue weighted by atomic mass is 10.4. The molecule has 10 nitrogen and oxygen atoms in total. The van der Waals surface area contributed by atoms with Gasteiger partial charge < -0.3 is 28.9 Å². The fourth-order valence-corrected chi connectivity index (χ4v) is 2.24. The van der Waals surface area contributed by atoms with Crippen molar-refractivity contribution in [2.24, 2.45) is 0 Å². The Morgan fingerprint density at radius 1 is 0.733 bits per heavy atom. The van der Waals surface area contributed by atoms with Gasteiger partial charge in [-0.3, -0.25) is 9.59 Å². The number of carbonyl (C=O) groups excluding carboxylic acids is 4. The maximum Gasteiger partial charge on any atom is 0.354 e. The number of carbonyl (C=O) groups is 4. The Morgan fingerprint density at radius 3 is 1.33 bits per heavy atom. The lowest BCUT2D eigenvalue weighted by molar-refractivity contribution is -0.132. The normalized spacial score (nSPS) is 9.80. The molecule has 0 saturated heterocycles. The molecule has 0 amide bonds. The molecule has 0 bridgehead atoms. The fraction of sp³-hybridized carbons (Fsp3) is 0.400. The van der Waals surface area contributed by atoms with Crippen LogP contribution in [0.2, 0.25) is 0 Å². The smallest absolute Gasteiger partial charge is 0.354 e. The van der Waals surface area contributed by atoms with Gasteiger partial charge in [-0.05, 0) is 27.7 Å². The van der Waals surface area contributed by atoms with Crippen LogP contribution in [-0.4, -0.2) is 47.1 Å². The van der Waals surface area contributed by atoms with Crippen LogP contribution in [0.3, 0.4) is 0 Å². The first-order valence-electron chi connectivity index (χ1n) is 9.19. The summed E-state index contributed by atoms with van der Waals surface area (Å²) in [4.78, 5) is 49.6. The van der Waals surface area contributed by atoms with Gasteiger partial charge in [0.25, 0.3) is 0 Å². The average molecular weight is 422 g/mol. The van der Waals surface area contributed by atoms with Crippen LogP contribution in [0, 0.1) is 13.8 Å². The highest BCUT2D eigenvalue weighted by atomic mass is 16.5. The quantitative estimate of drug-likeness (QED) is 0.678. The number of esters is 4. The van der Waals surface area contributed by atoms with Crippen molar-refractivity contribution in [1.29, 1.82) is 0 Å². The zero-order chi connectivity index (χ0) is 22.8. The molecule has 0 aliphatic carbocycles. The van der Waals surface area contributed by atoms with E-state index >= 15 is 0 Å². The van der Waals surface area contributed by atoms with Gasteiger partial charge in [-0.25, -0.2) is 9.59 Å². The summed E-state index contributed by atoms with van der Waals surface area (Å²) in [7, 11) is 0. The zero-order valence-corrected chi connectivity index (χ0v) is 17.8. The van der Waals surface area contributed by atoms with E-state index in [4.69, 9.17) is 18.9 Å². The Hall–Kier alpha value is -3.56. The molecule has 30 heavy (non-hydrogen) atoms. The monoisotopic (exact) mass is 422 g/mol. The summed E-state index contributed by atoms with van der Waals surface area (Å²) in [5.74, 6) is -1.06. The molecule has 0 aliphatic heterocycles. The summed E-state index contributed by atoms with van der Waals surface area (Å²) in [5, 5.41) is 0. The second kappa shape index (κ2) is 11.4. The number of aryl methyl sites for hydroxylation is 2. The Morgan fingerprint density at radius 2 is 1.07 bits per heavy atom. The molecular weight excluding hydrogens is 396 g/mol. The molecule has 2 aromatic heterocycles. The Balaban J connectivity index is 0.000000300. The van der Waals surface area contributed by atoms with E-state index in [1.54, 1.807) is 27.7 Å². The van der Waals surface area contributed by atoms with Crippen molar-refractivity contribution in [1.82, 2.24) is 9.97 Å². The van der Waals surface area contributed by atoms with E-state index in [0.717, 1.165) is 0 Å². The predicted octanol–water partition coefficient (Wildman–Crippen LogP) is 2.85. The summed E-state index contributed by atoms with van der Waals surface area (Å²) in [5.41, 5.74) is 1.80. The minimum Gasteiger partial charge on any atom is -0.461 e. The maximum atomic E-state index is 11.3. The van der Waals surface area contributed by atoms with Crippen LogP contribution in [0.5, 0.6) is 11.5 Å². The Kier molecular flexibility index (Phi) is 9.34. The van der Waals surface area contributed by atoms with E-state index in [1.165, 1.54) is 26.0 Å². The second-order valence-electron chi connectivity index (χ2n) is 5.97. The number of hydrogen-bond acceptors (Lipinski definition) is 8. The van der Waals surface area contributed by atoms with E-state index in [2.05, 4.69) is 9.97 Å². The topological polar surface area (TPSA) is 137 Å². The molecule has 0 saturated carbocycles. The minimum atomic E-state index is -0.459. The molecule has 0 spiro atoms. The highest BCUT2D eigenvalue weighted by Gasteiger charge is 2.15. The third-order valence-corrected chi connectivity index (χ3v) is 3.43. The van der Waals surface area contributed by atoms with E-state index in [-0.39, 0.29) is 11.4 Å². The van der Waals surface area contributed by atoms with Gasteiger partial charge in [-0.15, -0.1) is 0 Å². The molecular formula is C20H26N2O8. The van der Waals surface area contributed by atoms with Crippen LogP contribution < -0.4 is 9.47 Å². The van der Waals surface area contributed by atoms with Gasteiger partial charge in [-0.2, -0.15) is 0 Å². The third kappa shape index (κ3) is 7.46. The van der Waals surface area contributed by atoms with E-state index in [1.807, 2.05) is 0 Å². The van der Waals surface area contributed by atoms with Gasteiger partial charge in [0.1, 0.15) is 11.4 Å². The molecule has 2 heterocycles. The van der Waals surface area contributed by atoms with Crippen molar-refractivity contribution in [2.75, 3.05) is 13.2 Å². The van der Waals surface area contributed by atoms with E-state index in [0.29, 0.717) is 36.1 Å². The van der Waals surface area contributed by atoms with E-state index in [9.17, 15) is 19.2 Å². The molecule has 10 heteroatoms. The minimum absolute atomic E-state index is 0.283. The van der Waals surface area contributed by atoms with Gasteiger partial charge in [-0.1, -0.05) is 0 Å². The molecule has 0 aromatic carbocycles. The molecule has 0 radical (unpaired) electrons. The van der Waals surface area contributed by atoms with Crippen molar-refractivity contribution < 1.29 is 38.1 Å². The largest absolute Gasteiger partial charge is 0.461 e. The number of H-pyrrole nitrogens is 2. The van der Waals surface area contributed by atoms with Crippen LogP contribution in [0.25, 0.3) is 0 Å². The summed E-state index contributed by atoms with van der Waals surface area (Å²) in [6, 6.07) is 2.91. The van der Waals surface area contributed by atoms with Crippen LogP contribution in [-0.2, 0) is 19.1 Å². The Bertz CT molecular complexity index is 836. The molecule has 0 unspecified atom stereocenters. The molecule has 2 rings (SSSR count). The van der Waals surface area contributed by atoms with Crippen molar-refractivity contribution in [3.8, 4) is 11.5 Å². The first-order valence-corrected chi connectivity index (χ1v) is 9.19. The molecule has 2 N–H and O–H groups in total. The maximum absolute atomic E-state index is 11.3. The lowest BCUT2D eigenvalue weighted by Gasteiger charge is -1.97. The van der Waals surface area contributed by atoms with Crippen molar-refractivity contribution in [3.63, 3.8) is 0 Å². The van der Waals surface area contributed by atoms with Gasteiger partial charge in [0.15, 0.2) is 11.5 Å². The van der Waals surface area contributed by atoms with Crippen LogP contribution in [0.15, 0.2) is 12.1 Å². The molecule has 2 aromatic rings. The lowest BCUT2D eigenvalue weighted by Crippen LogP contribution is -2.04. The second-order valence-corrected chi connectivity index (χ2v) is 5.97. The number of hydrogen-bond donors (Lipinski definition) is 2. The van der Waals surface area contributed by atoms with Crippen LogP contribution >= 0.6 is 0 Å². The third-order valence-electron chi connectivity index (χ3n) is 3.43. The van der Waals surface area contributed by atoms with Crippen molar-refractivity contribution in [3.05, 3.63) is 34.9 Å². The van der Waals surface area contributed by atoms with Gasteiger partial charge >= 0.3 is 23.9 Å². The van der Waals surface area contributed by atoms with Crippen molar-refractivity contribution in [2.45, 2.75) is 41.5 Å². The van der Waals surface area contributed by atoms with Gasteiger partial charge in [0, 0.05) is 26.0 Å². The molecule has 164 valence electrons. The van der Waals surface area contributed by atoms with Crippen LogP contribution in [0.1, 0.15) is 60.1 Å². The highest BCUT2D eigenvalue weighted by Crippen LogP contribution is 2.20. The number of aromatic nitrogens is 2. The standard InChI is InChI=1S/2C10H13NO4/c2*1-4-14-10(13)8-5-9(6(2)11-8)15-7(3)12/h2*5,11H,4H2,1-3H3. The number of ether oxygens (including phenoxy) is 4. The average Bonchev–Trinajstić information content (AvgIpc) is 3.18. The summed E-state index contributed by atoms with van der Waals surface area (Å²) >= 11 is 0. The first-order chi connectivity index (χ1) is 14.1. The summed E-state index contributed by atoms with van der Waals surface area (Å²) < 4.78 is 19.3. The fourth-order valence-electron chi connectivity index (χ4n) is 2.24. The van der Waals surface area contributed by atoms with Crippen LogP contribution in [0.4, 0.5) is 0 Å². The van der Waals surface area contributed by atoms with Gasteiger partial charge in [0.2, 0.25) is 0 Å². The molecule has 0 fully saturated rings. The molecule has 0 aliphatic rings. The highest BCUT2D eigenvalue weighted by molar-refractivity contribution is 5.89. The Labute approximate surface area is 173 Å². The SMILES string of the molecule is CCOC(=O)c1cc(OC(C)=O)c(C)[nH]1.CCOC(=O)c1cc(OC(C)=O)c(C)[nH]1. The van der Waals surface area contributed by atoms with Gasteiger partial charge in [0.05, 0.1) is 24.6 Å². The number of aromatic amines is 2. The number of nitrogens with one attached hydrogen (secondary N) is 2. The van der Waals surface area contributed by atoms with E-state index < -0.39 is 23.9 Å². The predicted molar refractivity (Wildman–Crippen MR) is 106 cm³/mol.